The van der Waals surface area contributed by atoms with E-state index < -0.39 is 0 Å². The Morgan fingerprint density at radius 1 is 1.12 bits per heavy atom. The SMILES string of the molecule is CCc1ccc(NC(=O)c2cnc(NCCC3=CCCCC3)cn2)cc1. The Morgan fingerprint density at radius 2 is 1.96 bits per heavy atom. The maximum absolute atomic E-state index is 12.3. The van der Waals surface area contributed by atoms with E-state index in [4.69, 9.17) is 0 Å². The Kier molecular flexibility index (Phi) is 6.36. The fourth-order valence-electron chi connectivity index (χ4n) is 3.04. The molecular weight excluding hydrogens is 324 g/mol. The smallest absolute Gasteiger partial charge is 0.275 e. The van der Waals surface area contributed by atoms with E-state index in [2.05, 4.69) is 33.6 Å². The Labute approximate surface area is 155 Å². The summed E-state index contributed by atoms with van der Waals surface area (Å²) in [6.07, 6.45) is 12.5. The minimum absolute atomic E-state index is 0.249. The molecule has 5 nitrogen and oxygen atoms in total. The molecule has 2 aromatic rings. The molecule has 1 aliphatic carbocycles. The molecule has 0 unspecified atom stereocenters. The maximum Gasteiger partial charge on any atom is 0.275 e. The third-order valence-electron chi connectivity index (χ3n) is 4.64. The van der Waals surface area contributed by atoms with Gasteiger partial charge in [0.25, 0.3) is 5.91 Å². The molecule has 0 spiro atoms. The number of anilines is 2. The lowest BCUT2D eigenvalue weighted by molar-refractivity contribution is 0.102. The minimum atomic E-state index is -0.249. The number of hydrogen-bond acceptors (Lipinski definition) is 4. The van der Waals surface area contributed by atoms with Gasteiger partial charge in [0.05, 0.1) is 12.4 Å². The normalized spacial score (nSPS) is 13.8. The highest BCUT2D eigenvalue weighted by atomic mass is 16.1. The number of nitrogens with one attached hydrogen (secondary N) is 2. The first-order chi connectivity index (χ1) is 12.7. The highest BCUT2D eigenvalue weighted by Crippen LogP contribution is 2.20. The lowest BCUT2D eigenvalue weighted by atomic mass is 9.97. The summed E-state index contributed by atoms with van der Waals surface area (Å²) in [5, 5.41) is 6.12. The average molecular weight is 350 g/mol. The van der Waals surface area contributed by atoms with Gasteiger partial charge in [-0.15, -0.1) is 0 Å². The summed E-state index contributed by atoms with van der Waals surface area (Å²) in [6, 6.07) is 7.83. The number of hydrogen-bond donors (Lipinski definition) is 2. The number of amides is 1. The van der Waals surface area contributed by atoms with E-state index in [1.54, 1.807) is 6.20 Å². The average Bonchev–Trinajstić information content (AvgIpc) is 2.70. The van der Waals surface area contributed by atoms with Crippen molar-refractivity contribution < 1.29 is 4.79 Å². The molecular formula is C21H26N4O. The van der Waals surface area contributed by atoms with Gasteiger partial charge in [0, 0.05) is 12.2 Å². The molecule has 0 fully saturated rings. The van der Waals surface area contributed by atoms with Crippen molar-refractivity contribution in [3.05, 3.63) is 59.6 Å². The second-order valence-electron chi connectivity index (χ2n) is 6.58. The molecule has 3 rings (SSSR count). The zero-order valence-electron chi connectivity index (χ0n) is 15.3. The van der Waals surface area contributed by atoms with Gasteiger partial charge in [0.15, 0.2) is 0 Å². The van der Waals surface area contributed by atoms with Crippen LogP contribution >= 0.6 is 0 Å². The van der Waals surface area contributed by atoms with Crippen LogP contribution in [-0.4, -0.2) is 22.4 Å². The molecule has 1 aromatic carbocycles. The van der Waals surface area contributed by atoms with Crippen LogP contribution in [0.25, 0.3) is 0 Å². The first-order valence-corrected chi connectivity index (χ1v) is 9.38. The predicted molar refractivity (Wildman–Crippen MR) is 105 cm³/mol. The van der Waals surface area contributed by atoms with Crippen LogP contribution in [0.2, 0.25) is 0 Å². The van der Waals surface area contributed by atoms with Crippen LogP contribution < -0.4 is 10.6 Å². The third-order valence-corrected chi connectivity index (χ3v) is 4.64. The van der Waals surface area contributed by atoms with Crippen molar-refractivity contribution in [1.29, 1.82) is 0 Å². The molecule has 26 heavy (non-hydrogen) atoms. The maximum atomic E-state index is 12.3. The van der Waals surface area contributed by atoms with Crippen molar-refractivity contribution in [2.75, 3.05) is 17.2 Å². The van der Waals surface area contributed by atoms with Gasteiger partial charge in [-0.25, -0.2) is 9.97 Å². The quantitative estimate of drug-likeness (QED) is 0.717. The monoisotopic (exact) mass is 350 g/mol. The van der Waals surface area contributed by atoms with Gasteiger partial charge in [-0.1, -0.05) is 30.7 Å². The van der Waals surface area contributed by atoms with Gasteiger partial charge < -0.3 is 10.6 Å². The molecule has 0 saturated carbocycles. The third kappa shape index (κ3) is 5.15. The molecule has 2 N–H and O–H groups in total. The van der Waals surface area contributed by atoms with Crippen LogP contribution in [0.5, 0.6) is 0 Å². The number of allylic oxidation sites excluding steroid dienone is 1. The minimum Gasteiger partial charge on any atom is -0.368 e. The number of benzene rings is 1. The zero-order chi connectivity index (χ0) is 18.2. The second kappa shape index (κ2) is 9.13. The Morgan fingerprint density at radius 3 is 2.62 bits per heavy atom. The summed E-state index contributed by atoms with van der Waals surface area (Å²) in [6.45, 7) is 2.95. The fraction of sp³-hybridized carbons (Fsp3) is 0.381. The number of aryl methyl sites for hydroxylation is 1. The molecule has 0 atom stereocenters. The van der Waals surface area contributed by atoms with E-state index in [1.165, 1.54) is 43.0 Å². The van der Waals surface area contributed by atoms with Crippen LogP contribution in [0.15, 0.2) is 48.3 Å². The summed E-state index contributed by atoms with van der Waals surface area (Å²) in [4.78, 5) is 20.8. The largest absolute Gasteiger partial charge is 0.368 e. The van der Waals surface area contributed by atoms with Crippen molar-refractivity contribution >= 4 is 17.4 Å². The van der Waals surface area contributed by atoms with Crippen LogP contribution in [0, 0.1) is 0 Å². The summed E-state index contributed by atoms with van der Waals surface area (Å²) in [5.74, 6) is 0.450. The molecule has 136 valence electrons. The van der Waals surface area contributed by atoms with Gasteiger partial charge in [-0.2, -0.15) is 0 Å². The molecule has 1 heterocycles. The molecule has 1 amide bonds. The first kappa shape index (κ1) is 18.1. The second-order valence-corrected chi connectivity index (χ2v) is 6.58. The number of rotatable bonds is 7. The number of carbonyl (C=O) groups is 1. The number of aromatic nitrogens is 2. The van der Waals surface area contributed by atoms with Crippen molar-refractivity contribution in [2.45, 2.75) is 45.4 Å². The molecule has 0 saturated heterocycles. The summed E-state index contributed by atoms with van der Waals surface area (Å²) in [7, 11) is 0. The molecule has 5 heteroatoms. The van der Waals surface area contributed by atoms with E-state index in [-0.39, 0.29) is 5.91 Å². The van der Waals surface area contributed by atoms with Crippen LogP contribution in [0.1, 0.15) is 55.1 Å². The molecule has 0 radical (unpaired) electrons. The van der Waals surface area contributed by atoms with Crippen molar-refractivity contribution in [1.82, 2.24) is 9.97 Å². The Hall–Kier alpha value is -2.69. The molecule has 1 aliphatic rings. The molecule has 0 aliphatic heterocycles. The lowest BCUT2D eigenvalue weighted by Crippen LogP contribution is -2.14. The standard InChI is InChI=1S/C21H26N4O/c1-2-16-8-10-18(11-9-16)25-21(26)19-14-24-20(15-23-19)22-13-12-17-6-4-3-5-7-17/h6,8-11,14-15H,2-5,7,12-13H2,1H3,(H,22,24)(H,25,26). The highest BCUT2D eigenvalue weighted by molar-refractivity contribution is 6.02. The lowest BCUT2D eigenvalue weighted by Gasteiger charge is -2.13. The van der Waals surface area contributed by atoms with Gasteiger partial charge in [0.2, 0.25) is 0 Å². The van der Waals surface area contributed by atoms with Crippen molar-refractivity contribution in [2.24, 2.45) is 0 Å². The van der Waals surface area contributed by atoms with E-state index in [1.807, 2.05) is 24.3 Å². The summed E-state index contributed by atoms with van der Waals surface area (Å²) < 4.78 is 0. The van der Waals surface area contributed by atoms with Gasteiger partial charge in [0.1, 0.15) is 11.5 Å². The predicted octanol–water partition coefficient (Wildman–Crippen LogP) is 4.59. The fourth-order valence-corrected chi connectivity index (χ4v) is 3.04. The van der Waals surface area contributed by atoms with Gasteiger partial charge >= 0.3 is 0 Å². The van der Waals surface area contributed by atoms with E-state index in [0.29, 0.717) is 11.5 Å². The van der Waals surface area contributed by atoms with E-state index >= 15 is 0 Å². The van der Waals surface area contributed by atoms with Crippen molar-refractivity contribution in [3.63, 3.8) is 0 Å². The van der Waals surface area contributed by atoms with Crippen molar-refractivity contribution in [3.8, 4) is 0 Å². The van der Waals surface area contributed by atoms with E-state index in [0.717, 1.165) is 25.1 Å². The van der Waals surface area contributed by atoms with E-state index in [9.17, 15) is 4.79 Å². The van der Waals surface area contributed by atoms with Crippen LogP contribution in [0.3, 0.4) is 0 Å². The topological polar surface area (TPSA) is 66.9 Å². The van der Waals surface area contributed by atoms with Gasteiger partial charge in [-0.05, 0) is 56.2 Å². The van der Waals surface area contributed by atoms with Crippen LogP contribution in [-0.2, 0) is 6.42 Å². The highest BCUT2D eigenvalue weighted by Gasteiger charge is 2.09. The zero-order valence-corrected chi connectivity index (χ0v) is 15.3. The molecule has 0 bridgehead atoms. The number of nitrogens with zero attached hydrogens (tertiary/aromatic N) is 2. The molecule has 1 aromatic heterocycles. The summed E-state index contributed by atoms with van der Waals surface area (Å²) >= 11 is 0. The summed E-state index contributed by atoms with van der Waals surface area (Å²) in [5.41, 5.74) is 3.84. The van der Waals surface area contributed by atoms with Gasteiger partial charge in [-0.3, -0.25) is 4.79 Å². The first-order valence-electron chi connectivity index (χ1n) is 9.38. The Balaban J connectivity index is 1.49. The number of carbonyl (C=O) groups excluding carboxylic acids is 1. The Bertz CT molecular complexity index is 751. The van der Waals surface area contributed by atoms with Crippen LogP contribution in [0.4, 0.5) is 11.5 Å².